The number of para-hydroxylation sites is 2. The van der Waals surface area contributed by atoms with Crippen LogP contribution in [0.1, 0.15) is 6.92 Å². The van der Waals surface area contributed by atoms with Gasteiger partial charge in [0.05, 0.1) is 16.3 Å². The SMILES string of the molecule is CC(=O)NS(=O)(=O)c1ccc(NC(=O)N(c2ccccc2)c2ccccc2)cc1. The Morgan fingerprint density at radius 3 is 1.69 bits per heavy atom. The molecule has 0 saturated carbocycles. The molecule has 2 N–H and O–H groups in total. The zero-order chi connectivity index (χ0) is 20.9. The van der Waals surface area contributed by atoms with Crippen molar-refractivity contribution in [2.24, 2.45) is 0 Å². The van der Waals surface area contributed by atoms with Crippen LogP contribution in [0.2, 0.25) is 0 Å². The summed E-state index contributed by atoms with van der Waals surface area (Å²) in [5.41, 5.74) is 1.77. The van der Waals surface area contributed by atoms with E-state index >= 15 is 0 Å². The molecule has 0 aliphatic rings. The van der Waals surface area contributed by atoms with Crippen LogP contribution in [0.4, 0.5) is 21.9 Å². The molecule has 3 aromatic carbocycles. The summed E-state index contributed by atoms with van der Waals surface area (Å²) in [6.45, 7) is 1.12. The Kier molecular flexibility index (Phi) is 5.94. The average molecular weight is 409 g/mol. The quantitative estimate of drug-likeness (QED) is 0.668. The standard InChI is InChI=1S/C21H19N3O4S/c1-16(25)23-29(27,28)20-14-12-17(13-15-20)22-21(26)24(18-8-4-2-5-9-18)19-10-6-3-7-11-19/h2-15H,1H3,(H,22,26)(H,23,25). The highest BCUT2D eigenvalue weighted by atomic mass is 32.2. The summed E-state index contributed by atoms with van der Waals surface area (Å²) in [7, 11) is -3.93. The Hall–Kier alpha value is -3.65. The van der Waals surface area contributed by atoms with Gasteiger partial charge in [0.2, 0.25) is 5.91 Å². The van der Waals surface area contributed by atoms with Gasteiger partial charge in [0.15, 0.2) is 0 Å². The Balaban J connectivity index is 1.84. The van der Waals surface area contributed by atoms with E-state index in [1.807, 2.05) is 65.4 Å². The van der Waals surface area contributed by atoms with Gasteiger partial charge in [0.25, 0.3) is 10.0 Å². The summed E-state index contributed by atoms with van der Waals surface area (Å²) in [6.07, 6.45) is 0. The van der Waals surface area contributed by atoms with Crippen molar-refractivity contribution < 1.29 is 18.0 Å². The molecule has 3 amide bonds. The van der Waals surface area contributed by atoms with Crippen molar-refractivity contribution in [1.29, 1.82) is 0 Å². The molecular weight excluding hydrogens is 390 g/mol. The van der Waals surface area contributed by atoms with E-state index in [4.69, 9.17) is 0 Å². The Morgan fingerprint density at radius 2 is 1.24 bits per heavy atom. The fourth-order valence-electron chi connectivity index (χ4n) is 2.68. The number of nitrogens with zero attached hydrogens (tertiary/aromatic N) is 1. The largest absolute Gasteiger partial charge is 0.330 e. The maximum Gasteiger partial charge on any atom is 0.330 e. The van der Waals surface area contributed by atoms with Crippen molar-refractivity contribution in [2.75, 3.05) is 10.2 Å². The first-order chi connectivity index (χ1) is 13.9. The van der Waals surface area contributed by atoms with Crippen molar-refractivity contribution in [3.05, 3.63) is 84.9 Å². The van der Waals surface area contributed by atoms with Crippen molar-refractivity contribution in [3.8, 4) is 0 Å². The number of sulfonamides is 1. The van der Waals surface area contributed by atoms with Crippen LogP contribution in [0.25, 0.3) is 0 Å². The summed E-state index contributed by atoms with van der Waals surface area (Å²) in [5, 5.41) is 2.76. The van der Waals surface area contributed by atoms with E-state index in [0.29, 0.717) is 17.1 Å². The smallest absolute Gasteiger partial charge is 0.307 e. The number of carbonyl (C=O) groups is 2. The minimum atomic E-state index is -3.93. The molecule has 0 fully saturated rings. The minimum Gasteiger partial charge on any atom is -0.307 e. The van der Waals surface area contributed by atoms with Crippen LogP contribution in [0, 0.1) is 0 Å². The molecule has 148 valence electrons. The molecule has 0 aromatic heterocycles. The number of anilines is 3. The molecular formula is C21H19N3O4S. The number of carbonyl (C=O) groups excluding carboxylic acids is 2. The van der Waals surface area contributed by atoms with Crippen LogP contribution < -0.4 is 14.9 Å². The van der Waals surface area contributed by atoms with Gasteiger partial charge in [0.1, 0.15) is 0 Å². The fraction of sp³-hybridized carbons (Fsp3) is 0.0476. The highest BCUT2D eigenvalue weighted by Gasteiger charge is 2.19. The molecule has 0 aliphatic carbocycles. The zero-order valence-electron chi connectivity index (χ0n) is 15.6. The lowest BCUT2D eigenvalue weighted by Crippen LogP contribution is -2.31. The van der Waals surface area contributed by atoms with Gasteiger partial charge < -0.3 is 5.32 Å². The van der Waals surface area contributed by atoms with E-state index in [1.54, 1.807) is 0 Å². The maximum atomic E-state index is 13.0. The topological polar surface area (TPSA) is 95.6 Å². The molecule has 0 bridgehead atoms. The third-order valence-corrected chi connectivity index (χ3v) is 5.37. The van der Waals surface area contributed by atoms with Gasteiger partial charge in [-0.2, -0.15) is 0 Å². The molecule has 8 heteroatoms. The highest BCUT2D eigenvalue weighted by molar-refractivity contribution is 7.90. The second-order valence-corrected chi connectivity index (χ2v) is 7.81. The van der Waals surface area contributed by atoms with Gasteiger partial charge in [-0.15, -0.1) is 0 Å². The molecule has 0 unspecified atom stereocenters. The highest BCUT2D eigenvalue weighted by Crippen LogP contribution is 2.26. The number of nitrogens with one attached hydrogen (secondary N) is 2. The lowest BCUT2D eigenvalue weighted by molar-refractivity contribution is -0.117. The molecule has 29 heavy (non-hydrogen) atoms. The molecule has 0 spiro atoms. The number of hydrogen-bond acceptors (Lipinski definition) is 4. The van der Waals surface area contributed by atoms with Crippen LogP contribution in [0.3, 0.4) is 0 Å². The molecule has 3 aromatic rings. The van der Waals surface area contributed by atoms with Gasteiger partial charge in [-0.25, -0.2) is 17.9 Å². The van der Waals surface area contributed by atoms with E-state index < -0.39 is 22.0 Å². The lowest BCUT2D eigenvalue weighted by Gasteiger charge is -2.23. The van der Waals surface area contributed by atoms with E-state index in [0.717, 1.165) is 6.92 Å². The first-order valence-electron chi connectivity index (χ1n) is 8.71. The van der Waals surface area contributed by atoms with Gasteiger partial charge in [-0.05, 0) is 48.5 Å². The molecule has 0 saturated heterocycles. The van der Waals surface area contributed by atoms with Crippen molar-refractivity contribution in [1.82, 2.24) is 4.72 Å². The Bertz CT molecular complexity index is 1060. The predicted molar refractivity (Wildman–Crippen MR) is 111 cm³/mol. The molecule has 0 radical (unpaired) electrons. The predicted octanol–water partition coefficient (Wildman–Crippen LogP) is 3.88. The number of rotatable bonds is 5. The average Bonchev–Trinajstić information content (AvgIpc) is 2.69. The fourth-order valence-corrected chi connectivity index (χ4v) is 3.67. The Labute approximate surface area is 169 Å². The van der Waals surface area contributed by atoms with Crippen molar-refractivity contribution >= 4 is 39.0 Å². The normalized spacial score (nSPS) is 10.8. The summed E-state index contributed by atoms with van der Waals surface area (Å²) < 4.78 is 25.9. The summed E-state index contributed by atoms with van der Waals surface area (Å²) >= 11 is 0. The van der Waals surface area contributed by atoms with E-state index in [2.05, 4.69) is 5.32 Å². The van der Waals surface area contributed by atoms with Gasteiger partial charge in [-0.1, -0.05) is 36.4 Å². The summed E-state index contributed by atoms with van der Waals surface area (Å²) in [6, 6.07) is 23.5. The molecule has 0 heterocycles. The summed E-state index contributed by atoms with van der Waals surface area (Å²) in [4.78, 5) is 25.5. The second kappa shape index (κ2) is 8.57. The third kappa shape index (κ3) is 4.99. The monoisotopic (exact) mass is 409 g/mol. The van der Waals surface area contributed by atoms with Crippen LogP contribution in [-0.4, -0.2) is 20.4 Å². The van der Waals surface area contributed by atoms with E-state index in [-0.39, 0.29) is 4.90 Å². The zero-order valence-corrected chi connectivity index (χ0v) is 16.4. The van der Waals surface area contributed by atoms with Crippen LogP contribution >= 0.6 is 0 Å². The number of urea groups is 1. The minimum absolute atomic E-state index is 0.0753. The molecule has 0 aliphatic heterocycles. The van der Waals surface area contributed by atoms with Gasteiger partial charge >= 0.3 is 6.03 Å². The van der Waals surface area contributed by atoms with Gasteiger partial charge in [-0.3, -0.25) is 9.69 Å². The number of amides is 3. The second-order valence-electron chi connectivity index (χ2n) is 6.12. The van der Waals surface area contributed by atoms with Crippen LogP contribution in [-0.2, 0) is 14.8 Å². The first kappa shape index (κ1) is 20.1. The Morgan fingerprint density at radius 1 is 0.759 bits per heavy atom. The van der Waals surface area contributed by atoms with E-state index in [1.165, 1.54) is 29.2 Å². The van der Waals surface area contributed by atoms with Gasteiger partial charge in [0, 0.05) is 12.6 Å². The molecule has 7 nitrogen and oxygen atoms in total. The first-order valence-corrected chi connectivity index (χ1v) is 10.2. The van der Waals surface area contributed by atoms with Crippen molar-refractivity contribution in [3.63, 3.8) is 0 Å². The number of hydrogen-bond donors (Lipinski definition) is 2. The third-order valence-electron chi connectivity index (χ3n) is 3.93. The maximum absolute atomic E-state index is 13.0. The molecule has 3 rings (SSSR count). The molecule has 0 atom stereocenters. The lowest BCUT2D eigenvalue weighted by atomic mass is 10.2. The number of benzene rings is 3. The summed E-state index contributed by atoms with van der Waals surface area (Å²) in [5.74, 6) is -0.677. The van der Waals surface area contributed by atoms with Crippen LogP contribution in [0.5, 0.6) is 0 Å². The van der Waals surface area contributed by atoms with E-state index in [9.17, 15) is 18.0 Å². The van der Waals surface area contributed by atoms with Crippen molar-refractivity contribution in [2.45, 2.75) is 11.8 Å². The van der Waals surface area contributed by atoms with Crippen LogP contribution in [0.15, 0.2) is 89.8 Å².